The standard InChI is InChI=1S/C23H29NO4S2/c1-14(15-7-8-15)18-10-9-16-5-4-6-19(16)20(18)11-17(25)13-30(27,28)22-24-21(12-29-22)23(2,3)26/h9-10,12,14-15,26H,4-8,11,13H2,1-3H3/t14-/m0/s1. The number of rotatable bonds is 8. The van der Waals surface area contributed by atoms with E-state index < -0.39 is 21.2 Å². The fraction of sp³-hybridized carbons (Fsp3) is 0.565. The molecule has 1 aromatic carbocycles. The van der Waals surface area contributed by atoms with Gasteiger partial charge in [-0.25, -0.2) is 13.4 Å². The van der Waals surface area contributed by atoms with Gasteiger partial charge in [-0.2, -0.15) is 0 Å². The summed E-state index contributed by atoms with van der Waals surface area (Å²) in [6.07, 6.45) is 5.72. The first-order chi connectivity index (χ1) is 14.1. The lowest BCUT2D eigenvalue weighted by Gasteiger charge is -2.19. The van der Waals surface area contributed by atoms with Crippen molar-refractivity contribution in [3.05, 3.63) is 45.5 Å². The van der Waals surface area contributed by atoms with E-state index in [0.717, 1.165) is 36.2 Å². The van der Waals surface area contributed by atoms with Gasteiger partial charge in [0.2, 0.25) is 14.2 Å². The zero-order chi connectivity index (χ0) is 21.7. The number of Topliss-reactive ketones (excluding diaryl/α,β-unsaturated/α-hetero) is 1. The number of aryl methyl sites for hydroxylation is 1. The number of hydrogen-bond acceptors (Lipinski definition) is 6. The highest BCUT2D eigenvalue weighted by Gasteiger charge is 2.33. The molecule has 1 heterocycles. The Hall–Kier alpha value is -1.57. The molecule has 1 N–H and O–H groups in total. The molecule has 30 heavy (non-hydrogen) atoms. The second kappa shape index (κ2) is 7.84. The third-order valence-electron chi connectivity index (χ3n) is 6.36. The average molecular weight is 448 g/mol. The highest BCUT2D eigenvalue weighted by molar-refractivity contribution is 7.94. The highest BCUT2D eigenvalue weighted by Crippen LogP contribution is 2.44. The Morgan fingerprint density at radius 3 is 2.67 bits per heavy atom. The monoisotopic (exact) mass is 447 g/mol. The summed E-state index contributed by atoms with van der Waals surface area (Å²) in [5.41, 5.74) is 3.96. The molecule has 1 aromatic heterocycles. The topological polar surface area (TPSA) is 84.3 Å². The van der Waals surface area contributed by atoms with Crippen molar-refractivity contribution in [1.82, 2.24) is 4.98 Å². The number of sulfone groups is 1. The minimum atomic E-state index is -3.82. The van der Waals surface area contributed by atoms with Crippen LogP contribution in [0.2, 0.25) is 0 Å². The first-order valence-corrected chi connectivity index (χ1v) is 13.2. The summed E-state index contributed by atoms with van der Waals surface area (Å²) < 4.78 is 25.5. The second-order valence-electron chi connectivity index (χ2n) is 9.28. The van der Waals surface area contributed by atoms with Crippen LogP contribution in [0, 0.1) is 5.92 Å². The maximum Gasteiger partial charge on any atom is 0.212 e. The number of nitrogens with zero attached hydrogens (tertiary/aromatic N) is 1. The number of benzene rings is 1. The lowest BCUT2D eigenvalue weighted by molar-refractivity contribution is -0.116. The van der Waals surface area contributed by atoms with E-state index >= 15 is 0 Å². The summed E-state index contributed by atoms with van der Waals surface area (Å²) in [6.45, 7) is 5.34. The molecule has 0 amide bonds. The summed E-state index contributed by atoms with van der Waals surface area (Å²) in [6, 6.07) is 4.37. The molecular weight excluding hydrogens is 418 g/mol. The summed E-state index contributed by atoms with van der Waals surface area (Å²) >= 11 is 0.961. The number of hydrogen-bond donors (Lipinski definition) is 1. The molecule has 4 rings (SSSR count). The van der Waals surface area contributed by atoms with Gasteiger partial charge < -0.3 is 5.11 Å². The quantitative estimate of drug-likeness (QED) is 0.662. The minimum absolute atomic E-state index is 0.0992. The molecule has 0 bridgehead atoms. The molecule has 5 nitrogen and oxygen atoms in total. The Balaban J connectivity index is 1.57. The smallest absolute Gasteiger partial charge is 0.212 e. The Labute approximate surface area is 182 Å². The van der Waals surface area contributed by atoms with Crippen LogP contribution in [0.3, 0.4) is 0 Å². The van der Waals surface area contributed by atoms with E-state index in [1.165, 1.54) is 34.9 Å². The summed E-state index contributed by atoms with van der Waals surface area (Å²) in [7, 11) is -3.82. The maximum absolute atomic E-state index is 12.9. The van der Waals surface area contributed by atoms with Crippen molar-refractivity contribution in [2.24, 2.45) is 5.92 Å². The van der Waals surface area contributed by atoms with E-state index in [1.807, 2.05) is 0 Å². The van der Waals surface area contributed by atoms with Crippen LogP contribution in [-0.2, 0) is 39.5 Å². The fourth-order valence-electron chi connectivity index (χ4n) is 4.45. The molecule has 0 saturated heterocycles. The van der Waals surface area contributed by atoms with E-state index in [0.29, 0.717) is 17.5 Å². The highest BCUT2D eigenvalue weighted by atomic mass is 32.2. The molecular formula is C23H29NO4S2. The first-order valence-electron chi connectivity index (χ1n) is 10.6. The van der Waals surface area contributed by atoms with Crippen LogP contribution in [0.4, 0.5) is 0 Å². The lowest BCUT2D eigenvalue weighted by Crippen LogP contribution is -2.21. The predicted octanol–water partition coefficient (Wildman–Crippen LogP) is 3.96. The molecule has 0 radical (unpaired) electrons. The van der Waals surface area contributed by atoms with E-state index in [9.17, 15) is 18.3 Å². The molecule has 7 heteroatoms. The van der Waals surface area contributed by atoms with Crippen molar-refractivity contribution in [3.63, 3.8) is 0 Å². The molecule has 1 atom stereocenters. The van der Waals surface area contributed by atoms with Crippen LogP contribution in [0.15, 0.2) is 21.9 Å². The molecule has 1 fully saturated rings. The van der Waals surface area contributed by atoms with Gasteiger partial charge in [-0.05, 0) is 80.0 Å². The van der Waals surface area contributed by atoms with E-state index in [2.05, 4.69) is 24.0 Å². The predicted molar refractivity (Wildman–Crippen MR) is 118 cm³/mol. The third kappa shape index (κ3) is 4.39. The molecule has 0 aliphatic heterocycles. The second-order valence-corrected chi connectivity index (χ2v) is 12.3. The van der Waals surface area contributed by atoms with Gasteiger partial charge in [-0.3, -0.25) is 4.79 Å². The summed E-state index contributed by atoms with van der Waals surface area (Å²) in [5.74, 6) is 0.244. The normalized spacial score (nSPS) is 17.7. The molecule has 0 spiro atoms. The molecule has 2 aliphatic carbocycles. The van der Waals surface area contributed by atoms with Gasteiger partial charge in [0, 0.05) is 11.8 Å². The van der Waals surface area contributed by atoms with E-state index in [4.69, 9.17) is 0 Å². The van der Waals surface area contributed by atoms with Crippen molar-refractivity contribution in [3.8, 4) is 0 Å². The van der Waals surface area contributed by atoms with Crippen molar-refractivity contribution >= 4 is 27.0 Å². The first kappa shape index (κ1) is 21.7. The molecule has 2 aromatic rings. The summed E-state index contributed by atoms with van der Waals surface area (Å²) in [4.78, 5) is 17.0. The van der Waals surface area contributed by atoms with Crippen LogP contribution in [-0.4, -0.2) is 30.0 Å². The largest absolute Gasteiger partial charge is 0.384 e. The molecule has 0 unspecified atom stereocenters. The number of aliphatic hydroxyl groups is 1. The average Bonchev–Trinajstić information content (AvgIpc) is 3.16. The number of fused-ring (bicyclic) bond motifs is 1. The van der Waals surface area contributed by atoms with Crippen molar-refractivity contribution in [1.29, 1.82) is 0 Å². The van der Waals surface area contributed by atoms with Crippen molar-refractivity contribution in [2.45, 2.75) is 75.2 Å². The zero-order valence-corrected chi connectivity index (χ0v) is 19.4. The Bertz CT molecular complexity index is 1080. The Kier molecular flexibility index (Phi) is 5.66. The fourth-order valence-corrected chi connectivity index (χ4v) is 6.95. The van der Waals surface area contributed by atoms with E-state index in [1.54, 1.807) is 13.8 Å². The van der Waals surface area contributed by atoms with Crippen LogP contribution < -0.4 is 0 Å². The van der Waals surface area contributed by atoms with Gasteiger partial charge in [-0.1, -0.05) is 19.1 Å². The van der Waals surface area contributed by atoms with E-state index in [-0.39, 0.29) is 16.5 Å². The van der Waals surface area contributed by atoms with Gasteiger partial charge >= 0.3 is 0 Å². The van der Waals surface area contributed by atoms with Crippen molar-refractivity contribution in [2.75, 3.05) is 5.75 Å². The van der Waals surface area contributed by atoms with Gasteiger partial charge in [0.1, 0.15) is 11.4 Å². The van der Waals surface area contributed by atoms with Crippen LogP contribution >= 0.6 is 11.3 Å². The van der Waals surface area contributed by atoms with Crippen LogP contribution in [0.25, 0.3) is 0 Å². The van der Waals surface area contributed by atoms with Crippen molar-refractivity contribution < 1.29 is 18.3 Å². The SMILES string of the molecule is C[C@H](c1ccc2c(c1CC(=O)CS(=O)(=O)c1nc(C(C)(C)O)cs1)CCC2)C1CC1. The van der Waals surface area contributed by atoms with Gasteiger partial charge in [0.25, 0.3) is 0 Å². The number of aromatic nitrogens is 1. The van der Waals surface area contributed by atoms with Crippen LogP contribution in [0.5, 0.6) is 0 Å². The minimum Gasteiger partial charge on any atom is -0.384 e. The number of carbonyl (C=O) groups is 1. The Morgan fingerprint density at radius 1 is 1.30 bits per heavy atom. The number of carbonyl (C=O) groups excluding carboxylic acids is 1. The molecule has 2 aliphatic rings. The third-order valence-corrected chi connectivity index (χ3v) is 9.37. The Morgan fingerprint density at radius 2 is 2.03 bits per heavy atom. The number of ketones is 1. The zero-order valence-electron chi connectivity index (χ0n) is 17.8. The van der Waals surface area contributed by atoms with Gasteiger partial charge in [-0.15, -0.1) is 11.3 Å². The van der Waals surface area contributed by atoms with Crippen LogP contribution in [0.1, 0.15) is 73.9 Å². The van der Waals surface area contributed by atoms with Gasteiger partial charge in [0.15, 0.2) is 5.78 Å². The van der Waals surface area contributed by atoms with Gasteiger partial charge in [0.05, 0.1) is 5.69 Å². The maximum atomic E-state index is 12.9. The summed E-state index contributed by atoms with van der Waals surface area (Å²) in [5, 5.41) is 11.6. The molecule has 1 saturated carbocycles. The number of thiazole rings is 1. The molecule has 162 valence electrons. The lowest BCUT2D eigenvalue weighted by atomic mass is 9.86.